The summed E-state index contributed by atoms with van der Waals surface area (Å²) in [7, 11) is 0. The second-order valence-corrected chi connectivity index (χ2v) is 4.92. The van der Waals surface area contributed by atoms with E-state index in [1.807, 2.05) is 6.07 Å². The molecule has 2 N–H and O–H groups in total. The largest absolute Gasteiger partial charge is 0.419 e. The maximum absolute atomic E-state index is 11.9. The lowest BCUT2D eigenvalue weighted by molar-refractivity contribution is 0.214. The van der Waals surface area contributed by atoms with Crippen molar-refractivity contribution in [1.29, 1.82) is 0 Å². The number of nitrogens with zero attached hydrogens (tertiary/aromatic N) is 2. The van der Waals surface area contributed by atoms with Gasteiger partial charge in [0, 0.05) is 6.20 Å². The van der Waals surface area contributed by atoms with E-state index in [-0.39, 0.29) is 11.8 Å². The third kappa shape index (κ3) is 5.03. The zero-order chi connectivity index (χ0) is 18.2. The molecule has 0 unspecified atom stereocenters. The van der Waals surface area contributed by atoms with E-state index in [9.17, 15) is 9.59 Å². The molecule has 0 aliphatic heterocycles. The molecule has 1 heterocycles. The molecule has 0 saturated heterocycles. The van der Waals surface area contributed by atoms with Gasteiger partial charge in [0.1, 0.15) is 17.3 Å². The van der Waals surface area contributed by atoms with E-state index < -0.39 is 12.2 Å². The van der Waals surface area contributed by atoms with Crippen LogP contribution in [0.5, 0.6) is 11.5 Å². The number of ether oxygens (including phenoxy) is 2. The topological polar surface area (TPSA) is 102 Å². The van der Waals surface area contributed by atoms with E-state index in [1.54, 1.807) is 54.6 Å². The third-order valence-corrected chi connectivity index (χ3v) is 3.01. The van der Waals surface area contributed by atoms with Crippen LogP contribution in [0.15, 0.2) is 72.9 Å². The summed E-state index contributed by atoms with van der Waals surface area (Å²) >= 11 is 0. The Labute approximate surface area is 148 Å². The van der Waals surface area contributed by atoms with Gasteiger partial charge in [-0.15, -0.1) is 0 Å². The van der Waals surface area contributed by atoms with Crippen LogP contribution in [0.2, 0.25) is 0 Å². The van der Waals surface area contributed by atoms with Crippen LogP contribution in [0.1, 0.15) is 0 Å². The van der Waals surface area contributed by atoms with Crippen LogP contribution in [-0.2, 0) is 0 Å². The number of amides is 2. The van der Waals surface area contributed by atoms with Gasteiger partial charge in [-0.05, 0) is 30.3 Å². The Morgan fingerprint density at radius 2 is 1.27 bits per heavy atom. The summed E-state index contributed by atoms with van der Waals surface area (Å²) in [6.45, 7) is 0. The smallest absolute Gasteiger partial charge is 0.410 e. The fourth-order valence-corrected chi connectivity index (χ4v) is 1.93. The van der Waals surface area contributed by atoms with Crippen molar-refractivity contribution in [2.75, 3.05) is 10.6 Å². The first-order valence-corrected chi connectivity index (χ1v) is 7.60. The average molecular weight is 350 g/mol. The van der Waals surface area contributed by atoms with Gasteiger partial charge in [0.05, 0.1) is 0 Å². The van der Waals surface area contributed by atoms with Crippen molar-refractivity contribution in [2.24, 2.45) is 0 Å². The summed E-state index contributed by atoms with van der Waals surface area (Å²) in [6.07, 6.45) is -0.0866. The monoisotopic (exact) mass is 350 g/mol. The fourth-order valence-electron chi connectivity index (χ4n) is 1.93. The molecule has 3 aromatic rings. The highest BCUT2D eigenvalue weighted by Gasteiger charge is 2.10. The Kier molecular flexibility index (Phi) is 5.36. The predicted octanol–water partition coefficient (Wildman–Crippen LogP) is 3.70. The normalized spacial score (nSPS) is 9.85. The molecule has 0 aliphatic carbocycles. The van der Waals surface area contributed by atoms with Crippen LogP contribution in [0.4, 0.5) is 21.4 Å². The summed E-state index contributed by atoms with van der Waals surface area (Å²) < 4.78 is 10.2. The molecule has 26 heavy (non-hydrogen) atoms. The first kappa shape index (κ1) is 16.9. The molecule has 0 spiro atoms. The number of carbonyl (C=O) groups is 2. The van der Waals surface area contributed by atoms with Crippen molar-refractivity contribution in [3.05, 3.63) is 72.9 Å². The molecular formula is C18H14N4O4. The van der Waals surface area contributed by atoms with Gasteiger partial charge in [0.25, 0.3) is 0 Å². The van der Waals surface area contributed by atoms with E-state index in [1.165, 1.54) is 12.3 Å². The number of benzene rings is 2. The quantitative estimate of drug-likeness (QED) is 0.744. The Bertz CT molecular complexity index is 817. The standard InChI is InChI=1S/C18H14N4O4/c23-17(25-13-7-3-1-4-8-13)21-15-11-12-19-16(20-15)22-18(24)26-14-9-5-2-6-10-14/h1-12H,(H2,19,20,21,22,23,24). The highest BCUT2D eigenvalue weighted by molar-refractivity contribution is 5.86. The molecule has 3 rings (SSSR count). The van der Waals surface area contributed by atoms with Gasteiger partial charge in [-0.25, -0.2) is 14.6 Å². The third-order valence-electron chi connectivity index (χ3n) is 3.01. The SMILES string of the molecule is O=C(Nc1ccnc(NC(=O)Oc2ccccc2)n1)Oc1ccccc1. The summed E-state index contributed by atoms with van der Waals surface area (Å²) in [5.41, 5.74) is 0. The number of nitrogens with one attached hydrogen (secondary N) is 2. The number of carbonyl (C=O) groups excluding carboxylic acids is 2. The molecule has 0 radical (unpaired) electrons. The molecule has 8 heteroatoms. The van der Waals surface area contributed by atoms with E-state index in [2.05, 4.69) is 20.6 Å². The second kappa shape index (κ2) is 8.25. The van der Waals surface area contributed by atoms with Gasteiger partial charge in [-0.3, -0.25) is 10.6 Å². The van der Waals surface area contributed by atoms with E-state index >= 15 is 0 Å². The lowest BCUT2D eigenvalue weighted by atomic mass is 10.3. The van der Waals surface area contributed by atoms with Crippen molar-refractivity contribution in [2.45, 2.75) is 0 Å². The van der Waals surface area contributed by atoms with Crippen LogP contribution < -0.4 is 20.1 Å². The molecule has 1 aromatic heterocycles. The Hall–Kier alpha value is -3.94. The number of hydrogen-bond donors (Lipinski definition) is 2. The zero-order valence-electron chi connectivity index (χ0n) is 13.5. The van der Waals surface area contributed by atoms with Gasteiger partial charge < -0.3 is 9.47 Å². The second-order valence-electron chi connectivity index (χ2n) is 4.92. The summed E-state index contributed by atoms with van der Waals surface area (Å²) in [4.78, 5) is 31.6. The van der Waals surface area contributed by atoms with Gasteiger partial charge in [-0.1, -0.05) is 36.4 Å². The van der Waals surface area contributed by atoms with Crippen LogP contribution in [0.3, 0.4) is 0 Å². The number of rotatable bonds is 4. The minimum absolute atomic E-state index is 0.0246. The van der Waals surface area contributed by atoms with E-state index in [0.717, 1.165) is 0 Å². The van der Waals surface area contributed by atoms with Crippen LogP contribution in [0.25, 0.3) is 0 Å². The fraction of sp³-hybridized carbons (Fsp3) is 0. The molecule has 0 saturated carbocycles. The molecule has 2 aromatic carbocycles. The molecule has 2 amide bonds. The lowest BCUT2D eigenvalue weighted by Gasteiger charge is -2.08. The highest BCUT2D eigenvalue weighted by Crippen LogP contribution is 2.12. The van der Waals surface area contributed by atoms with Crippen LogP contribution >= 0.6 is 0 Å². The number of aromatic nitrogens is 2. The molecule has 130 valence electrons. The van der Waals surface area contributed by atoms with Gasteiger partial charge in [-0.2, -0.15) is 4.98 Å². The van der Waals surface area contributed by atoms with Crippen molar-refractivity contribution < 1.29 is 19.1 Å². The molecule has 0 bridgehead atoms. The van der Waals surface area contributed by atoms with E-state index in [4.69, 9.17) is 9.47 Å². The minimum Gasteiger partial charge on any atom is -0.410 e. The van der Waals surface area contributed by atoms with Gasteiger partial charge in [0.2, 0.25) is 5.95 Å². The average Bonchev–Trinajstić information content (AvgIpc) is 2.63. The first-order valence-electron chi connectivity index (χ1n) is 7.60. The number of para-hydroxylation sites is 2. The maximum Gasteiger partial charge on any atom is 0.419 e. The molecular weight excluding hydrogens is 336 g/mol. The zero-order valence-corrected chi connectivity index (χ0v) is 13.5. The Morgan fingerprint density at radius 3 is 1.85 bits per heavy atom. The summed E-state index contributed by atoms with van der Waals surface area (Å²) in [6, 6.07) is 18.6. The lowest BCUT2D eigenvalue weighted by Crippen LogP contribution is -2.20. The van der Waals surface area contributed by atoms with Crippen molar-refractivity contribution in [1.82, 2.24) is 9.97 Å². The number of anilines is 2. The maximum atomic E-state index is 11.9. The highest BCUT2D eigenvalue weighted by atomic mass is 16.6. The minimum atomic E-state index is -0.750. The van der Waals surface area contributed by atoms with Gasteiger partial charge >= 0.3 is 12.2 Å². The van der Waals surface area contributed by atoms with Crippen molar-refractivity contribution in [3.63, 3.8) is 0 Å². The Morgan fingerprint density at radius 1 is 0.731 bits per heavy atom. The van der Waals surface area contributed by atoms with E-state index in [0.29, 0.717) is 11.5 Å². The molecule has 0 aliphatic rings. The summed E-state index contributed by atoms with van der Waals surface area (Å²) in [5.74, 6) is 0.911. The van der Waals surface area contributed by atoms with Crippen molar-refractivity contribution in [3.8, 4) is 11.5 Å². The van der Waals surface area contributed by atoms with Crippen molar-refractivity contribution >= 4 is 24.0 Å². The molecule has 8 nitrogen and oxygen atoms in total. The van der Waals surface area contributed by atoms with Gasteiger partial charge in [0.15, 0.2) is 0 Å². The first-order chi connectivity index (χ1) is 12.7. The van der Waals surface area contributed by atoms with Crippen LogP contribution in [0, 0.1) is 0 Å². The Balaban J connectivity index is 1.57. The summed E-state index contributed by atoms with van der Waals surface area (Å²) in [5, 5.41) is 4.83. The van der Waals surface area contributed by atoms with Crippen LogP contribution in [-0.4, -0.2) is 22.2 Å². The predicted molar refractivity (Wildman–Crippen MR) is 94.2 cm³/mol. The molecule has 0 atom stereocenters. The number of hydrogen-bond acceptors (Lipinski definition) is 6. The molecule has 0 fully saturated rings.